The molecule has 0 aromatic heterocycles. The van der Waals surface area contributed by atoms with Gasteiger partial charge in [0, 0.05) is 12.0 Å². The Kier molecular flexibility index (Phi) is 4.16. The summed E-state index contributed by atoms with van der Waals surface area (Å²) in [5, 5.41) is 3.79. The first-order chi connectivity index (χ1) is 9.72. The first kappa shape index (κ1) is 14.1. The van der Waals surface area contributed by atoms with E-state index in [1.807, 2.05) is 0 Å². The van der Waals surface area contributed by atoms with Crippen molar-refractivity contribution in [2.24, 2.45) is 11.8 Å². The van der Waals surface area contributed by atoms with E-state index < -0.39 is 0 Å². The first-order valence-electron chi connectivity index (χ1n) is 8.51. The summed E-state index contributed by atoms with van der Waals surface area (Å²) in [4.78, 5) is 0. The van der Waals surface area contributed by atoms with E-state index >= 15 is 0 Å². The summed E-state index contributed by atoms with van der Waals surface area (Å²) < 4.78 is 0. The molecule has 1 aromatic rings. The summed E-state index contributed by atoms with van der Waals surface area (Å²) in [6.45, 7) is 6.94. The molecular formula is C19H29N. The van der Waals surface area contributed by atoms with Crippen LogP contribution in [-0.4, -0.2) is 13.1 Å². The maximum Gasteiger partial charge on any atom is 0.0109 e. The molecule has 1 aromatic carbocycles. The van der Waals surface area contributed by atoms with E-state index in [-0.39, 0.29) is 0 Å². The van der Waals surface area contributed by atoms with Gasteiger partial charge in [0.1, 0.15) is 0 Å². The van der Waals surface area contributed by atoms with Crippen molar-refractivity contribution >= 4 is 0 Å². The third-order valence-electron chi connectivity index (χ3n) is 5.50. The Labute approximate surface area is 124 Å². The predicted molar refractivity (Wildman–Crippen MR) is 86.1 cm³/mol. The zero-order valence-electron chi connectivity index (χ0n) is 13.1. The predicted octanol–water partition coefficient (Wildman–Crippen LogP) is 4.31. The molecule has 1 N–H and O–H groups in total. The maximum atomic E-state index is 3.79. The van der Waals surface area contributed by atoms with E-state index in [4.69, 9.17) is 0 Å². The molecule has 20 heavy (non-hydrogen) atoms. The van der Waals surface area contributed by atoms with Crippen LogP contribution in [0.3, 0.4) is 0 Å². The third-order valence-corrected chi connectivity index (χ3v) is 5.50. The molecule has 3 rings (SSSR count). The van der Waals surface area contributed by atoms with E-state index in [0.29, 0.717) is 5.41 Å². The highest BCUT2D eigenvalue weighted by atomic mass is 14.9. The fraction of sp³-hybridized carbons (Fsp3) is 0.684. The molecule has 1 nitrogen and oxygen atoms in total. The summed E-state index contributed by atoms with van der Waals surface area (Å²) in [6.07, 6.45) is 8.37. The highest BCUT2D eigenvalue weighted by Crippen LogP contribution is 2.50. The highest BCUT2D eigenvalue weighted by molar-refractivity contribution is 5.38. The summed E-state index contributed by atoms with van der Waals surface area (Å²) >= 11 is 0. The number of rotatable bonds is 5. The van der Waals surface area contributed by atoms with Gasteiger partial charge in [0.25, 0.3) is 0 Å². The zero-order chi connectivity index (χ0) is 14.0. The van der Waals surface area contributed by atoms with Crippen molar-refractivity contribution in [3.63, 3.8) is 0 Å². The summed E-state index contributed by atoms with van der Waals surface area (Å²) in [7, 11) is 0. The second-order valence-electron chi connectivity index (χ2n) is 7.32. The van der Waals surface area contributed by atoms with Gasteiger partial charge < -0.3 is 5.32 Å². The Morgan fingerprint density at radius 1 is 1.20 bits per heavy atom. The van der Waals surface area contributed by atoms with Crippen molar-refractivity contribution in [3.8, 4) is 0 Å². The van der Waals surface area contributed by atoms with Gasteiger partial charge >= 0.3 is 0 Å². The molecule has 0 bridgehead atoms. The van der Waals surface area contributed by atoms with E-state index in [0.717, 1.165) is 18.4 Å². The SMILES string of the molecule is CC(C)CNCC1(C2CCC2)CCCc2ccccc21. The van der Waals surface area contributed by atoms with Crippen LogP contribution in [0.25, 0.3) is 0 Å². The fourth-order valence-corrected chi connectivity index (χ4v) is 4.25. The van der Waals surface area contributed by atoms with Gasteiger partial charge in [-0.3, -0.25) is 0 Å². The largest absolute Gasteiger partial charge is 0.316 e. The van der Waals surface area contributed by atoms with Crippen molar-refractivity contribution in [2.75, 3.05) is 13.1 Å². The topological polar surface area (TPSA) is 12.0 Å². The lowest BCUT2D eigenvalue weighted by Crippen LogP contribution is -2.49. The van der Waals surface area contributed by atoms with Crippen LogP contribution in [0.1, 0.15) is 57.1 Å². The Morgan fingerprint density at radius 2 is 2.00 bits per heavy atom. The third kappa shape index (κ3) is 2.53. The standard InChI is InChI=1S/C19H29N/c1-15(2)13-20-14-19(17-9-5-10-17)12-6-8-16-7-3-4-11-18(16)19/h3-4,7,11,15,17,20H,5-6,8-10,12-14H2,1-2H3. The zero-order valence-corrected chi connectivity index (χ0v) is 13.1. The van der Waals surface area contributed by atoms with Crippen LogP contribution in [0.4, 0.5) is 0 Å². The van der Waals surface area contributed by atoms with Crippen molar-refractivity contribution in [3.05, 3.63) is 35.4 Å². The average molecular weight is 271 g/mol. The van der Waals surface area contributed by atoms with Crippen molar-refractivity contribution < 1.29 is 0 Å². The number of hydrogen-bond acceptors (Lipinski definition) is 1. The molecule has 0 amide bonds. The molecule has 0 saturated heterocycles. The quantitative estimate of drug-likeness (QED) is 0.841. The summed E-state index contributed by atoms with van der Waals surface area (Å²) in [5.74, 6) is 1.66. The smallest absolute Gasteiger partial charge is 0.0109 e. The molecule has 1 fully saturated rings. The van der Waals surface area contributed by atoms with Crippen LogP contribution < -0.4 is 5.32 Å². The average Bonchev–Trinajstić information content (AvgIpc) is 2.37. The Balaban J connectivity index is 1.86. The Morgan fingerprint density at radius 3 is 2.70 bits per heavy atom. The lowest BCUT2D eigenvalue weighted by molar-refractivity contribution is 0.136. The summed E-state index contributed by atoms with van der Waals surface area (Å²) in [6, 6.07) is 9.26. The van der Waals surface area contributed by atoms with E-state index in [1.54, 1.807) is 11.1 Å². The van der Waals surface area contributed by atoms with Crippen molar-refractivity contribution in [1.82, 2.24) is 5.32 Å². The van der Waals surface area contributed by atoms with E-state index in [9.17, 15) is 0 Å². The van der Waals surface area contributed by atoms with Gasteiger partial charge in [0.05, 0.1) is 0 Å². The second kappa shape index (κ2) is 5.89. The molecule has 110 valence electrons. The molecule has 2 aliphatic rings. The number of benzene rings is 1. The normalized spacial score (nSPS) is 26.4. The number of aryl methyl sites for hydroxylation is 1. The van der Waals surface area contributed by atoms with Crippen LogP contribution in [0.2, 0.25) is 0 Å². The Bertz CT molecular complexity index is 447. The van der Waals surface area contributed by atoms with Gasteiger partial charge in [0.15, 0.2) is 0 Å². The number of fused-ring (bicyclic) bond motifs is 1. The first-order valence-corrected chi connectivity index (χ1v) is 8.51. The minimum Gasteiger partial charge on any atom is -0.316 e. The molecular weight excluding hydrogens is 242 g/mol. The van der Waals surface area contributed by atoms with E-state index in [1.165, 1.54) is 45.1 Å². The van der Waals surface area contributed by atoms with Gasteiger partial charge in [-0.25, -0.2) is 0 Å². The van der Waals surface area contributed by atoms with Gasteiger partial charge in [0.2, 0.25) is 0 Å². The lowest BCUT2D eigenvalue weighted by atomic mass is 9.57. The molecule has 1 saturated carbocycles. The minimum absolute atomic E-state index is 0.433. The van der Waals surface area contributed by atoms with E-state index in [2.05, 4.69) is 43.4 Å². The van der Waals surface area contributed by atoms with Gasteiger partial charge in [-0.2, -0.15) is 0 Å². The van der Waals surface area contributed by atoms with Crippen molar-refractivity contribution in [1.29, 1.82) is 0 Å². The molecule has 0 spiro atoms. The monoisotopic (exact) mass is 271 g/mol. The lowest BCUT2D eigenvalue weighted by Gasteiger charge is -2.49. The van der Waals surface area contributed by atoms with Crippen molar-refractivity contribution in [2.45, 2.75) is 57.8 Å². The highest BCUT2D eigenvalue weighted by Gasteiger charge is 2.44. The minimum atomic E-state index is 0.433. The van der Waals surface area contributed by atoms with Gasteiger partial charge in [-0.1, -0.05) is 44.5 Å². The number of nitrogens with one attached hydrogen (secondary N) is 1. The van der Waals surface area contributed by atoms with Crippen LogP contribution in [0.5, 0.6) is 0 Å². The second-order valence-corrected chi connectivity index (χ2v) is 7.32. The number of hydrogen-bond donors (Lipinski definition) is 1. The molecule has 0 heterocycles. The molecule has 1 heteroatoms. The van der Waals surface area contributed by atoms with Crippen LogP contribution in [0, 0.1) is 11.8 Å². The maximum absolute atomic E-state index is 3.79. The molecule has 1 unspecified atom stereocenters. The van der Waals surface area contributed by atoms with Crippen LogP contribution in [0.15, 0.2) is 24.3 Å². The molecule has 1 atom stereocenters. The molecule has 0 aliphatic heterocycles. The van der Waals surface area contributed by atoms with Crippen LogP contribution >= 0.6 is 0 Å². The van der Waals surface area contributed by atoms with Crippen LogP contribution in [-0.2, 0) is 11.8 Å². The summed E-state index contributed by atoms with van der Waals surface area (Å²) in [5.41, 5.74) is 3.73. The molecule has 2 aliphatic carbocycles. The Hall–Kier alpha value is -0.820. The van der Waals surface area contributed by atoms with Gasteiger partial charge in [-0.15, -0.1) is 0 Å². The fourth-order valence-electron chi connectivity index (χ4n) is 4.25. The van der Waals surface area contributed by atoms with Gasteiger partial charge in [-0.05, 0) is 61.6 Å². The molecule has 0 radical (unpaired) electrons.